The van der Waals surface area contributed by atoms with Crippen molar-refractivity contribution in [1.29, 1.82) is 0 Å². The average Bonchev–Trinajstić information content (AvgIpc) is 3.41. The molecule has 0 spiro atoms. The minimum atomic E-state index is -0.137. The van der Waals surface area contributed by atoms with Gasteiger partial charge in [-0.15, -0.1) is 0 Å². The number of rotatable bonds is 6. The topological polar surface area (TPSA) is 34.5 Å². The van der Waals surface area contributed by atoms with Crippen molar-refractivity contribution in [3.05, 3.63) is 101 Å². The molecular formula is C33H38N2O. The van der Waals surface area contributed by atoms with Crippen LogP contribution in [0.25, 0.3) is 0 Å². The molecule has 2 saturated carbocycles. The first-order valence-electron chi connectivity index (χ1n) is 14.2. The van der Waals surface area contributed by atoms with E-state index in [1.165, 1.54) is 75.5 Å². The summed E-state index contributed by atoms with van der Waals surface area (Å²) in [5, 5.41) is 0. The molecule has 0 amide bonds. The van der Waals surface area contributed by atoms with Gasteiger partial charge in [0.2, 0.25) is 5.90 Å². The summed E-state index contributed by atoms with van der Waals surface area (Å²) >= 11 is 0. The van der Waals surface area contributed by atoms with Crippen LogP contribution in [0.2, 0.25) is 0 Å². The third-order valence-corrected chi connectivity index (χ3v) is 8.70. The van der Waals surface area contributed by atoms with E-state index in [0.29, 0.717) is 11.8 Å². The van der Waals surface area contributed by atoms with E-state index >= 15 is 0 Å². The lowest BCUT2D eigenvalue weighted by Crippen LogP contribution is -2.26. The number of ether oxygens (including phenoxy) is 1. The summed E-state index contributed by atoms with van der Waals surface area (Å²) in [5.74, 6) is 2.79. The molecule has 36 heavy (non-hydrogen) atoms. The molecule has 1 aromatic heterocycles. The van der Waals surface area contributed by atoms with E-state index in [0.717, 1.165) is 23.1 Å². The molecule has 3 heteroatoms. The first kappa shape index (κ1) is 23.5. The van der Waals surface area contributed by atoms with Gasteiger partial charge in [-0.3, -0.25) is 0 Å². The van der Waals surface area contributed by atoms with E-state index in [4.69, 9.17) is 14.7 Å². The molecule has 2 aromatic carbocycles. The van der Waals surface area contributed by atoms with Crippen molar-refractivity contribution in [3.8, 4) is 0 Å². The number of aromatic nitrogens is 1. The van der Waals surface area contributed by atoms with Crippen molar-refractivity contribution in [2.24, 2.45) is 16.8 Å². The van der Waals surface area contributed by atoms with Gasteiger partial charge in [0, 0.05) is 11.6 Å². The molecule has 1 aliphatic heterocycles. The minimum absolute atomic E-state index is 0.0680. The van der Waals surface area contributed by atoms with Gasteiger partial charge in [-0.25, -0.2) is 9.98 Å². The number of pyridine rings is 1. The van der Waals surface area contributed by atoms with Crippen molar-refractivity contribution in [3.63, 3.8) is 0 Å². The third-order valence-electron chi connectivity index (χ3n) is 8.70. The van der Waals surface area contributed by atoms with E-state index in [-0.39, 0.29) is 12.1 Å². The molecular weight excluding hydrogens is 440 g/mol. The standard InChI is InChI=1S/C33H38N2O/c1-5-14-24(15-6-1)30(25-16-7-2-8-17-25)28-22-13-23-29(34-28)33-35-31(26-18-9-3-10-19-26)32(36-33)27-20-11-4-12-21-27/h3-4,9-13,18-25,30-32H,1-2,5-8,14-17H2/t31-,32+/m0/s1. The van der Waals surface area contributed by atoms with Gasteiger partial charge in [-0.1, -0.05) is 105 Å². The van der Waals surface area contributed by atoms with Gasteiger partial charge in [0.15, 0.2) is 6.10 Å². The maximum atomic E-state index is 6.61. The molecule has 2 fully saturated rings. The Labute approximate surface area is 216 Å². The van der Waals surface area contributed by atoms with E-state index in [2.05, 4.69) is 78.9 Å². The molecule has 0 saturated heterocycles. The van der Waals surface area contributed by atoms with E-state index in [1.54, 1.807) is 0 Å². The molecule has 0 unspecified atom stereocenters. The second kappa shape index (κ2) is 11.0. The summed E-state index contributed by atoms with van der Waals surface area (Å²) in [6, 6.07) is 27.5. The van der Waals surface area contributed by atoms with Crippen LogP contribution in [0.3, 0.4) is 0 Å². The Morgan fingerprint density at radius 3 is 1.81 bits per heavy atom. The summed E-state index contributed by atoms with van der Waals surface area (Å²) < 4.78 is 6.61. The number of hydrogen-bond acceptors (Lipinski definition) is 3. The lowest BCUT2D eigenvalue weighted by atomic mass is 9.68. The Morgan fingerprint density at radius 2 is 1.19 bits per heavy atom. The zero-order valence-electron chi connectivity index (χ0n) is 21.3. The molecule has 2 aliphatic carbocycles. The molecule has 3 aromatic rings. The van der Waals surface area contributed by atoms with Gasteiger partial charge in [0.1, 0.15) is 11.7 Å². The Kier molecular flexibility index (Phi) is 7.16. The van der Waals surface area contributed by atoms with Crippen LogP contribution in [0.15, 0.2) is 83.9 Å². The highest BCUT2D eigenvalue weighted by atomic mass is 16.5. The van der Waals surface area contributed by atoms with E-state index < -0.39 is 0 Å². The Balaban J connectivity index is 1.34. The summed E-state index contributed by atoms with van der Waals surface area (Å²) in [6.45, 7) is 0. The second-order valence-corrected chi connectivity index (χ2v) is 11.0. The van der Waals surface area contributed by atoms with Gasteiger partial charge < -0.3 is 4.74 Å². The monoisotopic (exact) mass is 478 g/mol. The largest absolute Gasteiger partial charge is 0.465 e. The lowest BCUT2D eigenvalue weighted by Gasteiger charge is -2.37. The van der Waals surface area contributed by atoms with Gasteiger partial charge in [-0.2, -0.15) is 0 Å². The maximum absolute atomic E-state index is 6.61. The Hall–Kier alpha value is -2.94. The molecule has 3 aliphatic rings. The highest BCUT2D eigenvalue weighted by molar-refractivity contribution is 5.93. The summed E-state index contributed by atoms with van der Waals surface area (Å²) in [5.41, 5.74) is 4.50. The van der Waals surface area contributed by atoms with Gasteiger partial charge in [0.25, 0.3) is 0 Å². The molecule has 3 nitrogen and oxygen atoms in total. The van der Waals surface area contributed by atoms with Gasteiger partial charge >= 0.3 is 0 Å². The molecule has 2 heterocycles. The predicted octanol–water partition coefficient (Wildman–Crippen LogP) is 8.59. The van der Waals surface area contributed by atoms with Crippen molar-refractivity contribution in [2.75, 3.05) is 0 Å². The zero-order chi connectivity index (χ0) is 24.2. The smallest absolute Gasteiger partial charge is 0.236 e. The highest BCUT2D eigenvalue weighted by Gasteiger charge is 2.36. The first-order valence-corrected chi connectivity index (χ1v) is 14.2. The fourth-order valence-electron chi connectivity index (χ4n) is 6.94. The molecule has 0 radical (unpaired) electrons. The van der Waals surface area contributed by atoms with Crippen molar-refractivity contribution < 1.29 is 4.74 Å². The van der Waals surface area contributed by atoms with Crippen molar-refractivity contribution >= 4 is 5.90 Å². The maximum Gasteiger partial charge on any atom is 0.236 e. The van der Waals surface area contributed by atoms with Gasteiger partial charge in [-0.05, 0) is 60.8 Å². The van der Waals surface area contributed by atoms with Crippen molar-refractivity contribution in [1.82, 2.24) is 4.98 Å². The molecule has 6 rings (SSSR count). The van der Waals surface area contributed by atoms with E-state index in [1.807, 2.05) is 0 Å². The van der Waals surface area contributed by atoms with Crippen molar-refractivity contribution in [2.45, 2.75) is 82.3 Å². The third kappa shape index (κ3) is 4.98. The molecule has 0 bridgehead atoms. The summed E-state index contributed by atoms with van der Waals surface area (Å²) in [6.07, 6.45) is 13.6. The fourth-order valence-corrected chi connectivity index (χ4v) is 6.94. The van der Waals surface area contributed by atoms with Crippen LogP contribution >= 0.6 is 0 Å². The van der Waals surface area contributed by atoms with Crippen LogP contribution in [0.1, 0.15) is 105 Å². The first-order chi connectivity index (χ1) is 17.9. The van der Waals surface area contributed by atoms with Crippen LogP contribution in [0.4, 0.5) is 0 Å². The normalized spacial score (nSPS) is 23.4. The fraction of sp³-hybridized carbons (Fsp3) is 0.455. The summed E-state index contributed by atoms with van der Waals surface area (Å²) in [7, 11) is 0. The van der Waals surface area contributed by atoms with Crippen LogP contribution in [-0.4, -0.2) is 10.9 Å². The van der Waals surface area contributed by atoms with E-state index in [9.17, 15) is 0 Å². The molecule has 0 N–H and O–H groups in total. The predicted molar refractivity (Wildman–Crippen MR) is 146 cm³/mol. The van der Waals surface area contributed by atoms with Crippen LogP contribution in [0.5, 0.6) is 0 Å². The summed E-state index contributed by atoms with van der Waals surface area (Å²) in [4.78, 5) is 10.4. The minimum Gasteiger partial charge on any atom is -0.465 e. The highest BCUT2D eigenvalue weighted by Crippen LogP contribution is 2.46. The molecule has 186 valence electrons. The Morgan fingerprint density at radius 1 is 0.611 bits per heavy atom. The average molecular weight is 479 g/mol. The quantitative estimate of drug-likeness (QED) is 0.355. The number of nitrogens with zero attached hydrogens (tertiary/aromatic N) is 2. The van der Waals surface area contributed by atoms with Crippen LogP contribution < -0.4 is 0 Å². The molecule has 2 atom stereocenters. The van der Waals surface area contributed by atoms with Gasteiger partial charge in [0.05, 0.1) is 0 Å². The Bertz CT molecular complexity index is 1130. The second-order valence-electron chi connectivity index (χ2n) is 11.0. The van der Waals surface area contributed by atoms with Crippen LogP contribution in [-0.2, 0) is 4.74 Å². The SMILES string of the molecule is c1ccc([C@H]2OC(c3cccc(C(C4CCCCC4)C4CCCCC4)n3)=N[C@H]2c2ccccc2)cc1. The number of aliphatic imine (C=N–C) groups is 1. The zero-order valence-corrected chi connectivity index (χ0v) is 21.3. The van der Waals surface area contributed by atoms with Crippen LogP contribution in [0, 0.1) is 11.8 Å². The number of hydrogen-bond donors (Lipinski definition) is 0. The lowest BCUT2D eigenvalue weighted by molar-refractivity contribution is 0.194. The number of benzene rings is 2.